The molecule has 0 N–H and O–H groups in total. The number of ether oxygens (including phenoxy) is 1. The fourth-order valence-electron chi connectivity index (χ4n) is 2.60. The molecule has 25 heavy (non-hydrogen) atoms. The number of rotatable bonds is 8. The highest BCUT2D eigenvalue weighted by Crippen LogP contribution is 2.27. The molecule has 0 aliphatic carbocycles. The number of nitrogens with zero attached hydrogens (tertiary/aromatic N) is 1. The van der Waals surface area contributed by atoms with Crippen LogP contribution < -0.4 is 4.74 Å². The summed E-state index contributed by atoms with van der Waals surface area (Å²) >= 11 is 0. The van der Waals surface area contributed by atoms with E-state index in [4.69, 9.17) is 9.26 Å². The third-order valence-corrected chi connectivity index (χ3v) is 4.06. The highest BCUT2D eigenvalue weighted by atomic mass is 19.1. The maximum absolute atomic E-state index is 13.0. The SMILES string of the molecule is CCCCCCOc1ccc(-c2cc(-c3ccc(F)cc3)no2)cc1. The summed E-state index contributed by atoms with van der Waals surface area (Å²) in [5.74, 6) is 1.27. The second-order valence-corrected chi connectivity index (χ2v) is 6.02. The van der Waals surface area contributed by atoms with Crippen LogP contribution in [-0.4, -0.2) is 11.8 Å². The van der Waals surface area contributed by atoms with E-state index in [2.05, 4.69) is 12.1 Å². The topological polar surface area (TPSA) is 35.3 Å². The van der Waals surface area contributed by atoms with Crippen molar-refractivity contribution in [3.05, 3.63) is 60.4 Å². The van der Waals surface area contributed by atoms with Crippen LogP contribution >= 0.6 is 0 Å². The summed E-state index contributed by atoms with van der Waals surface area (Å²) in [6.07, 6.45) is 4.77. The molecule has 1 heterocycles. The van der Waals surface area contributed by atoms with Gasteiger partial charge in [-0.3, -0.25) is 0 Å². The lowest BCUT2D eigenvalue weighted by atomic mass is 10.1. The van der Waals surface area contributed by atoms with Gasteiger partial charge in [0.05, 0.1) is 6.61 Å². The van der Waals surface area contributed by atoms with Gasteiger partial charge in [-0.25, -0.2) is 4.39 Å². The lowest BCUT2D eigenvalue weighted by molar-refractivity contribution is 0.305. The maximum Gasteiger partial charge on any atom is 0.167 e. The number of aromatic nitrogens is 1. The number of unbranched alkanes of at least 4 members (excludes halogenated alkanes) is 3. The van der Waals surface area contributed by atoms with Crippen LogP contribution in [0.15, 0.2) is 59.1 Å². The van der Waals surface area contributed by atoms with Crippen molar-refractivity contribution in [1.29, 1.82) is 0 Å². The van der Waals surface area contributed by atoms with E-state index in [1.54, 1.807) is 12.1 Å². The van der Waals surface area contributed by atoms with E-state index in [1.165, 1.54) is 31.4 Å². The number of halogens is 1. The molecule has 2 aromatic carbocycles. The van der Waals surface area contributed by atoms with Crippen molar-refractivity contribution in [2.24, 2.45) is 0 Å². The molecule has 0 unspecified atom stereocenters. The van der Waals surface area contributed by atoms with Crippen molar-refractivity contribution in [3.8, 4) is 28.3 Å². The first-order valence-corrected chi connectivity index (χ1v) is 8.72. The summed E-state index contributed by atoms with van der Waals surface area (Å²) in [7, 11) is 0. The molecule has 0 saturated heterocycles. The molecule has 130 valence electrons. The van der Waals surface area contributed by atoms with E-state index >= 15 is 0 Å². The van der Waals surface area contributed by atoms with E-state index in [1.807, 2.05) is 30.3 Å². The summed E-state index contributed by atoms with van der Waals surface area (Å²) in [5, 5.41) is 4.06. The zero-order chi connectivity index (χ0) is 17.5. The van der Waals surface area contributed by atoms with Crippen LogP contribution in [0.2, 0.25) is 0 Å². The Morgan fingerprint density at radius 3 is 2.36 bits per heavy atom. The highest BCUT2D eigenvalue weighted by molar-refractivity contribution is 5.66. The van der Waals surface area contributed by atoms with Gasteiger partial charge >= 0.3 is 0 Å². The quantitative estimate of drug-likeness (QED) is 0.465. The van der Waals surface area contributed by atoms with Crippen LogP contribution in [0.25, 0.3) is 22.6 Å². The summed E-state index contributed by atoms with van der Waals surface area (Å²) in [5.41, 5.74) is 2.44. The molecule has 0 amide bonds. The third kappa shape index (κ3) is 4.69. The molecule has 0 spiro atoms. The van der Waals surface area contributed by atoms with Gasteiger partial charge in [-0.05, 0) is 55.0 Å². The van der Waals surface area contributed by atoms with Crippen molar-refractivity contribution in [1.82, 2.24) is 5.16 Å². The minimum Gasteiger partial charge on any atom is -0.494 e. The van der Waals surface area contributed by atoms with Crippen molar-refractivity contribution < 1.29 is 13.7 Å². The average Bonchev–Trinajstić information content (AvgIpc) is 3.13. The Hall–Kier alpha value is -2.62. The van der Waals surface area contributed by atoms with E-state index in [9.17, 15) is 4.39 Å². The van der Waals surface area contributed by atoms with Crippen LogP contribution in [0.5, 0.6) is 5.75 Å². The average molecular weight is 339 g/mol. The molecule has 1 aromatic heterocycles. The van der Waals surface area contributed by atoms with E-state index < -0.39 is 0 Å². The van der Waals surface area contributed by atoms with Gasteiger partial charge in [-0.1, -0.05) is 31.3 Å². The first-order valence-electron chi connectivity index (χ1n) is 8.72. The van der Waals surface area contributed by atoms with Crippen molar-refractivity contribution in [3.63, 3.8) is 0 Å². The molecule has 0 aliphatic heterocycles. The van der Waals surface area contributed by atoms with E-state index in [0.717, 1.165) is 29.9 Å². The Balaban J connectivity index is 1.62. The Morgan fingerprint density at radius 2 is 1.64 bits per heavy atom. The maximum atomic E-state index is 13.0. The normalized spacial score (nSPS) is 10.8. The first-order chi connectivity index (χ1) is 12.3. The van der Waals surface area contributed by atoms with Gasteiger partial charge < -0.3 is 9.26 Å². The number of hydrogen-bond donors (Lipinski definition) is 0. The Bertz CT molecular complexity index is 778. The minimum absolute atomic E-state index is 0.266. The lowest BCUT2D eigenvalue weighted by Gasteiger charge is -2.06. The molecule has 0 fully saturated rings. The van der Waals surface area contributed by atoms with E-state index in [-0.39, 0.29) is 5.82 Å². The van der Waals surface area contributed by atoms with Crippen molar-refractivity contribution in [2.45, 2.75) is 32.6 Å². The van der Waals surface area contributed by atoms with Gasteiger partial charge in [0.25, 0.3) is 0 Å². The monoisotopic (exact) mass is 339 g/mol. The van der Waals surface area contributed by atoms with Crippen LogP contribution in [-0.2, 0) is 0 Å². The van der Waals surface area contributed by atoms with Crippen molar-refractivity contribution in [2.75, 3.05) is 6.61 Å². The predicted octanol–water partition coefficient (Wildman–Crippen LogP) is 6.11. The summed E-state index contributed by atoms with van der Waals surface area (Å²) in [6, 6.07) is 15.8. The smallest absolute Gasteiger partial charge is 0.167 e. The Morgan fingerprint density at radius 1 is 0.920 bits per heavy atom. The van der Waals surface area contributed by atoms with Gasteiger partial charge in [0.15, 0.2) is 5.76 Å². The summed E-state index contributed by atoms with van der Waals surface area (Å²) in [4.78, 5) is 0. The summed E-state index contributed by atoms with van der Waals surface area (Å²) in [6.45, 7) is 2.95. The standard InChI is InChI=1S/C21H22FNO2/c1-2-3-4-5-14-24-19-12-8-17(9-13-19)21-15-20(23-25-21)16-6-10-18(22)11-7-16/h6-13,15H,2-5,14H2,1H3. The first kappa shape index (κ1) is 17.2. The Kier molecular flexibility index (Phi) is 5.83. The van der Waals surface area contributed by atoms with Gasteiger partial charge in [-0.2, -0.15) is 0 Å². The molecule has 0 bridgehead atoms. The minimum atomic E-state index is -0.266. The van der Waals surface area contributed by atoms with Gasteiger partial charge in [0.1, 0.15) is 17.3 Å². The molecule has 0 radical (unpaired) electrons. The third-order valence-electron chi connectivity index (χ3n) is 4.06. The van der Waals surface area contributed by atoms with Gasteiger partial charge in [-0.15, -0.1) is 0 Å². The van der Waals surface area contributed by atoms with Crippen LogP contribution in [0.3, 0.4) is 0 Å². The predicted molar refractivity (Wildman–Crippen MR) is 97.0 cm³/mol. The zero-order valence-electron chi connectivity index (χ0n) is 14.4. The number of hydrogen-bond acceptors (Lipinski definition) is 3. The molecule has 0 aliphatic rings. The second kappa shape index (κ2) is 8.47. The highest BCUT2D eigenvalue weighted by Gasteiger charge is 2.09. The zero-order valence-corrected chi connectivity index (χ0v) is 14.4. The molecule has 0 saturated carbocycles. The lowest BCUT2D eigenvalue weighted by Crippen LogP contribution is -1.96. The molecule has 0 atom stereocenters. The Labute approximate surface area is 147 Å². The molecule has 3 nitrogen and oxygen atoms in total. The van der Waals surface area contributed by atoms with Crippen molar-refractivity contribution >= 4 is 0 Å². The molecule has 3 rings (SSSR count). The van der Waals surface area contributed by atoms with Gasteiger partial charge in [0.2, 0.25) is 0 Å². The fourth-order valence-corrected chi connectivity index (χ4v) is 2.60. The van der Waals surface area contributed by atoms with Crippen LogP contribution in [0, 0.1) is 5.82 Å². The molecular weight excluding hydrogens is 317 g/mol. The number of benzene rings is 2. The van der Waals surface area contributed by atoms with Crippen LogP contribution in [0.4, 0.5) is 4.39 Å². The van der Waals surface area contributed by atoms with Gasteiger partial charge in [0, 0.05) is 17.2 Å². The molecule has 4 heteroatoms. The largest absolute Gasteiger partial charge is 0.494 e. The van der Waals surface area contributed by atoms with Crippen LogP contribution in [0.1, 0.15) is 32.6 Å². The fraction of sp³-hybridized carbons (Fsp3) is 0.286. The molecule has 3 aromatic rings. The molecular formula is C21H22FNO2. The second-order valence-electron chi connectivity index (χ2n) is 6.02. The van der Waals surface area contributed by atoms with E-state index in [0.29, 0.717) is 11.5 Å². The summed E-state index contributed by atoms with van der Waals surface area (Å²) < 4.78 is 24.2.